The molecule has 32 heavy (non-hydrogen) atoms. The van der Waals surface area contributed by atoms with Gasteiger partial charge in [0.2, 0.25) is 0 Å². The van der Waals surface area contributed by atoms with Crippen LogP contribution in [0.3, 0.4) is 0 Å². The van der Waals surface area contributed by atoms with Crippen molar-refractivity contribution in [3.8, 4) is 11.5 Å². The monoisotopic (exact) mass is 493 g/mol. The zero-order valence-electron chi connectivity index (χ0n) is 17.4. The fraction of sp³-hybridized carbons (Fsp3) is 0.120. The zero-order valence-corrected chi connectivity index (χ0v) is 19.0. The highest BCUT2D eigenvalue weighted by Gasteiger charge is 2.47. The number of ether oxygens (including phenoxy) is 2. The summed E-state index contributed by atoms with van der Waals surface area (Å²) in [5, 5.41) is 11.2. The Kier molecular flexibility index (Phi) is 6.01. The van der Waals surface area contributed by atoms with Crippen molar-refractivity contribution in [1.82, 2.24) is 0 Å². The molecule has 0 saturated carbocycles. The van der Waals surface area contributed by atoms with Gasteiger partial charge in [-0.05, 0) is 51.8 Å². The van der Waals surface area contributed by atoms with Gasteiger partial charge in [-0.3, -0.25) is 14.5 Å². The number of methoxy groups -OCH3 is 2. The maximum atomic E-state index is 13.2. The first-order chi connectivity index (χ1) is 15.5. The standard InChI is InChI=1S/C25H20BrNO5/c1-31-18-10-6-9-17(14-18)27-22(15-7-4-3-5-8-15)21(24(29)25(27)30)23(28)16-11-12-20(32-2)19(26)13-16/h3-14,22,28H,1-2H3/b23-21+. The number of aliphatic hydroxyl groups excluding tert-OH is 1. The summed E-state index contributed by atoms with van der Waals surface area (Å²) < 4.78 is 11.2. The lowest BCUT2D eigenvalue weighted by molar-refractivity contribution is -0.132. The van der Waals surface area contributed by atoms with Crippen molar-refractivity contribution in [1.29, 1.82) is 0 Å². The molecule has 6 nitrogen and oxygen atoms in total. The van der Waals surface area contributed by atoms with Crippen LogP contribution in [0, 0.1) is 0 Å². The molecule has 0 aromatic heterocycles. The molecule has 162 valence electrons. The molecule has 0 bridgehead atoms. The van der Waals surface area contributed by atoms with Crippen LogP contribution in [-0.2, 0) is 9.59 Å². The van der Waals surface area contributed by atoms with Crippen molar-refractivity contribution in [2.75, 3.05) is 19.1 Å². The van der Waals surface area contributed by atoms with Crippen molar-refractivity contribution < 1.29 is 24.2 Å². The Morgan fingerprint density at radius 1 is 0.938 bits per heavy atom. The van der Waals surface area contributed by atoms with Crippen LogP contribution in [0.1, 0.15) is 17.2 Å². The normalized spacial score (nSPS) is 17.5. The number of nitrogens with zero attached hydrogens (tertiary/aromatic N) is 1. The molecule has 1 heterocycles. The molecule has 1 N–H and O–H groups in total. The van der Waals surface area contributed by atoms with Crippen LogP contribution in [0.2, 0.25) is 0 Å². The quantitative estimate of drug-likeness (QED) is 0.304. The summed E-state index contributed by atoms with van der Waals surface area (Å²) in [4.78, 5) is 27.7. The van der Waals surface area contributed by atoms with Crippen LogP contribution in [0.25, 0.3) is 5.76 Å². The first-order valence-corrected chi connectivity index (χ1v) is 10.6. The number of aliphatic hydroxyl groups is 1. The molecule has 3 aromatic carbocycles. The molecule has 1 unspecified atom stereocenters. The summed E-state index contributed by atoms with van der Waals surface area (Å²) in [6.07, 6.45) is 0. The van der Waals surface area contributed by atoms with Crippen molar-refractivity contribution in [3.05, 3.63) is 94.0 Å². The summed E-state index contributed by atoms with van der Waals surface area (Å²) in [6, 6.07) is 20.2. The topological polar surface area (TPSA) is 76.1 Å². The van der Waals surface area contributed by atoms with Crippen LogP contribution >= 0.6 is 15.9 Å². The van der Waals surface area contributed by atoms with Gasteiger partial charge in [-0.15, -0.1) is 0 Å². The molecule has 3 aromatic rings. The number of carbonyl (C=O) groups excluding carboxylic acids is 2. The highest BCUT2D eigenvalue weighted by atomic mass is 79.9. The van der Waals surface area contributed by atoms with Crippen LogP contribution < -0.4 is 14.4 Å². The highest BCUT2D eigenvalue weighted by Crippen LogP contribution is 2.43. The fourth-order valence-corrected chi connectivity index (χ4v) is 4.32. The molecule has 1 aliphatic rings. The van der Waals surface area contributed by atoms with Crippen molar-refractivity contribution in [2.24, 2.45) is 0 Å². The summed E-state index contributed by atoms with van der Waals surface area (Å²) in [5.41, 5.74) is 1.60. The second-order valence-corrected chi connectivity index (χ2v) is 7.98. The van der Waals surface area contributed by atoms with Crippen molar-refractivity contribution >= 4 is 39.1 Å². The number of benzene rings is 3. The van der Waals surface area contributed by atoms with E-state index in [9.17, 15) is 14.7 Å². The molecular weight excluding hydrogens is 474 g/mol. The Morgan fingerprint density at radius 2 is 1.69 bits per heavy atom. The maximum Gasteiger partial charge on any atom is 0.300 e. The first kappa shape index (κ1) is 21.6. The molecule has 1 amide bonds. The third-order valence-electron chi connectivity index (χ3n) is 5.32. The van der Waals surface area contributed by atoms with Crippen molar-refractivity contribution in [2.45, 2.75) is 6.04 Å². The van der Waals surface area contributed by atoms with E-state index in [1.807, 2.05) is 30.3 Å². The Bertz CT molecular complexity index is 1220. The Morgan fingerprint density at radius 3 is 2.34 bits per heavy atom. The second-order valence-electron chi connectivity index (χ2n) is 7.13. The Balaban J connectivity index is 1.93. The van der Waals surface area contributed by atoms with Crippen LogP contribution in [0.15, 0.2) is 82.8 Å². The predicted octanol–water partition coefficient (Wildman–Crippen LogP) is 5.09. The molecular formula is C25H20BrNO5. The van der Waals surface area contributed by atoms with E-state index in [-0.39, 0.29) is 11.3 Å². The Labute approximate surface area is 193 Å². The van der Waals surface area contributed by atoms with E-state index in [0.717, 1.165) is 0 Å². The number of halogens is 1. The highest BCUT2D eigenvalue weighted by molar-refractivity contribution is 9.10. The number of ketones is 1. The second kappa shape index (κ2) is 8.88. The molecule has 7 heteroatoms. The molecule has 1 fully saturated rings. The molecule has 0 aliphatic carbocycles. The maximum absolute atomic E-state index is 13.2. The molecule has 1 saturated heterocycles. The van der Waals surface area contributed by atoms with Crippen LogP contribution in [-0.4, -0.2) is 31.0 Å². The van der Waals surface area contributed by atoms with E-state index in [1.54, 1.807) is 42.5 Å². The third kappa shape index (κ3) is 3.76. The number of anilines is 1. The summed E-state index contributed by atoms with van der Waals surface area (Å²) >= 11 is 3.40. The summed E-state index contributed by atoms with van der Waals surface area (Å²) in [6.45, 7) is 0. The van der Waals surface area contributed by atoms with Gasteiger partial charge in [0, 0.05) is 17.3 Å². The number of amides is 1. The van der Waals surface area contributed by atoms with Crippen molar-refractivity contribution in [3.63, 3.8) is 0 Å². The van der Waals surface area contributed by atoms with Crippen LogP contribution in [0.5, 0.6) is 11.5 Å². The number of hydrogen-bond donors (Lipinski definition) is 1. The Hall–Kier alpha value is -3.58. The average molecular weight is 494 g/mol. The van der Waals surface area contributed by atoms with E-state index in [2.05, 4.69) is 15.9 Å². The summed E-state index contributed by atoms with van der Waals surface area (Å²) in [7, 11) is 3.07. The predicted molar refractivity (Wildman–Crippen MR) is 125 cm³/mol. The average Bonchev–Trinajstić information content (AvgIpc) is 3.09. The third-order valence-corrected chi connectivity index (χ3v) is 5.94. The lowest BCUT2D eigenvalue weighted by atomic mass is 9.95. The minimum absolute atomic E-state index is 0.0149. The summed E-state index contributed by atoms with van der Waals surface area (Å²) in [5.74, 6) is -0.605. The molecule has 1 aliphatic heterocycles. The van der Waals surface area contributed by atoms with E-state index >= 15 is 0 Å². The van der Waals surface area contributed by atoms with Gasteiger partial charge in [0.05, 0.1) is 30.3 Å². The van der Waals surface area contributed by atoms with Gasteiger partial charge in [-0.1, -0.05) is 36.4 Å². The van der Waals surface area contributed by atoms with Gasteiger partial charge in [-0.2, -0.15) is 0 Å². The largest absolute Gasteiger partial charge is 0.507 e. The van der Waals surface area contributed by atoms with E-state index < -0.39 is 17.7 Å². The molecule has 4 rings (SSSR count). The number of hydrogen-bond acceptors (Lipinski definition) is 5. The van der Waals surface area contributed by atoms with E-state index in [1.165, 1.54) is 19.1 Å². The zero-order chi connectivity index (χ0) is 22.8. The number of carbonyl (C=O) groups is 2. The lowest BCUT2D eigenvalue weighted by Gasteiger charge is -2.25. The van der Waals surface area contributed by atoms with Crippen LogP contribution in [0.4, 0.5) is 5.69 Å². The van der Waals surface area contributed by atoms with E-state index in [0.29, 0.717) is 32.8 Å². The first-order valence-electron chi connectivity index (χ1n) is 9.80. The fourth-order valence-electron chi connectivity index (χ4n) is 3.78. The van der Waals surface area contributed by atoms with Gasteiger partial charge in [0.15, 0.2) is 0 Å². The van der Waals surface area contributed by atoms with E-state index in [4.69, 9.17) is 9.47 Å². The minimum atomic E-state index is -0.802. The molecule has 1 atom stereocenters. The van der Waals surface area contributed by atoms with Gasteiger partial charge >= 0.3 is 0 Å². The lowest BCUT2D eigenvalue weighted by Crippen LogP contribution is -2.29. The number of Topliss-reactive ketones (excluding diaryl/α,β-unsaturated/α-hetero) is 1. The SMILES string of the molecule is COc1cccc(N2C(=O)C(=O)/C(=C(/O)c3ccc(OC)c(Br)c3)C2c2ccccc2)c1. The number of rotatable bonds is 5. The van der Waals surface area contributed by atoms with Gasteiger partial charge in [0.25, 0.3) is 11.7 Å². The minimum Gasteiger partial charge on any atom is -0.507 e. The molecule has 0 spiro atoms. The smallest absolute Gasteiger partial charge is 0.300 e. The van der Waals surface area contributed by atoms with Gasteiger partial charge < -0.3 is 14.6 Å². The van der Waals surface area contributed by atoms with Gasteiger partial charge in [-0.25, -0.2) is 0 Å². The molecule has 0 radical (unpaired) electrons. The van der Waals surface area contributed by atoms with Gasteiger partial charge in [0.1, 0.15) is 17.3 Å².